The predicted molar refractivity (Wildman–Crippen MR) is 147 cm³/mol. The second-order valence-electron chi connectivity index (χ2n) is 8.90. The predicted octanol–water partition coefficient (Wildman–Crippen LogP) is 5.27. The summed E-state index contributed by atoms with van der Waals surface area (Å²) in [5.41, 5.74) is 2.42. The second kappa shape index (κ2) is 11.4. The number of hydrogen-bond donors (Lipinski definition) is 2. The molecular weight excluding hydrogens is 519 g/mol. The van der Waals surface area contributed by atoms with E-state index in [1.165, 1.54) is 31.4 Å². The van der Waals surface area contributed by atoms with Crippen molar-refractivity contribution in [1.29, 1.82) is 0 Å². The van der Waals surface area contributed by atoms with Crippen molar-refractivity contribution in [2.75, 3.05) is 19.0 Å². The lowest BCUT2D eigenvalue weighted by molar-refractivity contribution is -0.116. The molecule has 8 nitrogen and oxygen atoms in total. The number of halogens is 1. The molecule has 2 aromatic carbocycles. The van der Waals surface area contributed by atoms with Crippen molar-refractivity contribution in [3.05, 3.63) is 108 Å². The summed E-state index contributed by atoms with van der Waals surface area (Å²) >= 11 is 5.67. The Morgan fingerprint density at radius 2 is 1.92 bits per heavy atom. The first-order chi connectivity index (χ1) is 18.9. The zero-order chi connectivity index (χ0) is 27.4. The zero-order valence-corrected chi connectivity index (χ0v) is 21.8. The average molecular weight is 545 g/mol. The molecule has 2 atom stereocenters. The van der Waals surface area contributed by atoms with Gasteiger partial charge >= 0.3 is 5.97 Å². The van der Waals surface area contributed by atoms with Gasteiger partial charge in [0.15, 0.2) is 5.11 Å². The third-order valence-corrected chi connectivity index (χ3v) is 6.74. The molecule has 39 heavy (non-hydrogen) atoms. The number of carbonyl (C=O) groups is 2. The van der Waals surface area contributed by atoms with Gasteiger partial charge in [0.1, 0.15) is 23.4 Å². The van der Waals surface area contributed by atoms with Crippen LogP contribution in [0.2, 0.25) is 0 Å². The molecule has 1 fully saturated rings. The van der Waals surface area contributed by atoms with Gasteiger partial charge in [-0.15, -0.1) is 0 Å². The van der Waals surface area contributed by atoms with E-state index in [-0.39, 0.29) is 30.2 Å². The number of thiocarbonyl (C=S) groups is 1. The van der Waals surface area contributed by atoms with E-state index < -0.39 is 5.97 Å². The maximum absolute atomic E-state index is 13.2. The number of methoxy groups -OCH3 is 1. The van der Waals surface area contributed by atoms with Gasteiger partial charge in [0.05, 0.1) is 24.4 Å². The molecule has 1 saturated heterocycles. The van der Waals surface area contributed by atoms with Gasteiger partial charge < -0.3 is 24.7 Å². The van der Waals surface area contributed by atoms with Crippen LogP contribution in [-0.2, 0) is 9.53 Å². The molecule has 0 bridgehead atoms. The van der Waals surface area contributed by atoms with Crippen LogP contribution in [0.1, 0.15) is 40.3 Å². The maximum atomic E-state index is 13.2. The number of rotatable bonds is 8. The number of carbonyl (C=O) groups excluding carboxylic acids is 2. The third kappa shape index (κ3) is 5.80. The van der Waals surface area contributed by atoms with E-state index in [2.05, 4.69) is 15.6 Å². The van der Waals surface area contributed by atoms with Crippen LogP contribution >= 0.6 is 12.2 Å². The third-order valence-electron chi connectivity index (χ3n) is 6.39. The Balaban J connectivity index is 1.40. The number of anilines is 1. The van der Waals surface area contributed by atoms with Gasteiger partial charge in [-0.1, -0.05) is 18.2 Å². The number of hydrogen-bond acceptors (Lipinski definition) is 6. The van der Waals surface area contributed by atoms with E-state index >= 15 is 0 Å². The van der Waals surface area contributed by atoms with E-state index in [1.54, 1.807) is 24.4 Å². The van der Waals surface area contributed by atoms with Crippen LogP contribution in [-0.4, -0.2) is 40.5 Å². The number of amides is 1. The first-order valence-electron chi connectivity index (χ1n) is 12.2. The van der Waals surface area contributed by atoms with Crippen LogP contribution in [0.25, 0.3) is 11.3 Å². The van der Waals surface area contributed by atoms with Crippen LogP contribution in [0, 0.1) is 5.82 Å². The molecule has 198 valence electrons. The fraction of sp³-hybridized carbons (Fsp3) is 0.172. The van der Waals surface area contributed by atoms with Crippen molar-refractivity contribution in [1.82, 2.24) is 15.2 Å². The molecule has 3 heterocycles. The molecule has 2 aromatic heterocycles. The lowest BCUT2D eigenvalue weighted by atomic mass is 10.0. The Kier molecular flexibility index (Phi) is 7.64. The fourth-order valence-corrected chi connectivity index (χ4v) is 4.85. The number of nitrogens with zero attached hydrogens (tertiary/aromatic N) is 2. The van der Waals surface area contributed by atoms with Gasteiger partial charge in [0.2, 0.25) is 5.91 Å². The van der Waals surface area contributed by atoms with E-state index in [0.29, 0.717) is 34.4 Å². The summed E-state index contributed by atoms with van der Waals surface area (Å²) in [7, 11) is 1.34. The topological polar surface area (TPSA) is 96.7 Å². The van der Waals surface area contributed by atoms with E-state index in [0.717, 1.165) is 11.3 Å². The lowest BCUT2D eigenvalue weighted by Gasteiger charge is -2.25. The molecule has 0 spiro atoms. The molecule has 1 aliphatic rings. The molecule has 0 unspecified atom stereocenters. The zero-order valence-electron chi connectivity index (χ0n) is 21.0. The monoisotopic (exact) mass is 544 g/mol. The van der Waals surface area contributed by atoms with Crippen molar-refractivity contribution < 1.29 is 23.1 Å². The quantitative estimate of drug-likeness (QED) is 0.229. The summed E-state index contributed by atoms with van der Waals surface area (Å²) in [5, 5.41) is 6.58. The molecule has 2 N–H and O–H groups in total. The molecule has 1 aliphatic heterocycles. The molecule has 0 aliphatic carbocycles. The summed E-state index contributed by atoms with van der Waals surface area (Å²) < 4.78 is 24.4. The number of nitrogens with one attached hydrogen (secondary N) is 2. The first kappa shape index (κ1) is 26.1. The lowest BCUT2D eigenvalue weighted by Crippen LogP contribution is -2.32. The minimum atomic E-state index is -0.436. The first-order valence-corrected chi connectivity index (χ1v) is 12.7. The minimum Gasteiger partial charge on any atom is -0.465 e. The van der Waals surface area contributed by atoms with E-state index in [1.807, 2.05) is 41.3 Å². The SMILES string of the molecule is COC(=O)c1cccc(-c2ccc([C@@H]3[C@H](c4ccccn4)NC(=S)N3CCC(=O)Nc3ccc(F)cc3)o2)c1. The minimum absolute atomic E-state index is 0.138. The standard InChI is InChI=1S/C29H25FN4O4S/c1-37-28(36)19-6-4-5-18(17-19)23-12-13-24(38-23)27-26(22-7-2-3-15-31-22)33-29(39)34(27)16-14-25(35)32-21-10-8-20(30)9-11-21/h2-13,15,17,26-27H,14,16H2,1H3,(H,32,35)(H,33,39)/t26-,27+/m0/s1. The number of furan rings is 1. The Morgan fingerprint density at radius 3 is 2.67 bits per heavy atom. The summed E-state index contributed by atoms with van der Waals surface area (Å²) in [5.74, 6) is 0.149. The molecule has 0 radical (unpaired) electrons. The van der Waals surface area contributed by atoms with Crippen LogP contribution in [0.4, 0.5) is 10.1 Å². The van der Waals surface area contributed by atoms with Crippen LogP contribution < -0.4 is 10.6 Å². The molecular formula is C29H25FN4O4S. The number of esters is 1. The van der Waals surface area contributed by atoms with Crippen LogP contribution in [0.3, 0.4) is 0 Å². The second-order valence-corrected chi connectivity index (χ2v) is 9.29. The van der Waals surface area contributed by atoms with Gasteiger partial charge in [-0.25, -0.2) is 9.18 Å². The highest BCUT2D eigenvalue weighted by molar-refractivity contribution is 7.80. The Hall–Kier alpha value is -4.57. The molecule has 0 saturated carbocycles. The van der Waals surface area contributed by atoms with Crippen molar-refractivity contribution in [3.8, 4) is 11.3 Å². The molecule has 10 heteroatoms. The number of pyridine rings is 1. The Bertz CT molecular complexity index is 1490. The van der Waals surface area contributed by atoms with Gasteiger partial charge in [-0.2, -0.15) is 0 Å². The van der Waals surface area contributed by atoms with E-state index in [4.69, 9.17) is 21.4 Å². The summed E-state index contributed by atoms with van der Waals surface area (Å²) in [6.45, 7) is 0.306. The van der Waals surface area contributed by atoms with Crippen molar-refractivity contribution in [2.24, 2.45) is 0 Å². The summed E-state index contributed by atoms with van der Waals surface area (Å²) in [4.78, 5) is 31.1. The summed E-state index contributed by atoms with van der Waals surface area (Å²) in [6, 6.07) is 21.2. The number of benzene rings is 2. The molecule has 4 aromatic rings. The van der Waals surface area contributed by atoms with E-state index in [9.17, 15) is 14.0 Å². The smallest absolute Gasteiger partial charge is 0.337 e. The number of aromatic nitrogens is 1. The maximum Gasteiger partial charge on any atom is 0.337 e. The Morgan fingerprint density at radius 1 is 1.10 bits per heavy atom. The fourth-order valence-electron chi connectivity index (χ4n) is 4.52. The molecule has 5 rings (SSSR count). The van der Waals surface area contributed by atoms with Crippen LogP contribution in [0.15, 0.2) is 89.5 Å². The van der Waals surface area contributed by atoms with Crippen molar-refractivity contribution in [3.63, 3.8) is 0 Å². The summed E-state index contributed by atoms with van der Waals surface area (Å²) in [6.07, 6.45) is 1.85. The van der Waals surface area contributed by atoms with Gasteiger partial charge in [0.25, 0.3) is 0 Å². The van der Waals surface area contributed by atoms with Gasteiger partial charge in [-0.05, 0) is 72.9 Å². The largest absolute Gasteiger partial charge is 0.465 e. The van der Waals surface area contributed by atoms with Crippen molar-refractivity contribution >= 4 is 34.9 Å². The molecule has 1 amide bonds. The normalized spacial score (nSPS) is 16.6. The van der Waals surface area contributed by atoms with Gasteiger partial charge in [0, 0.05) is 30.4 Å². The highest BCUT2D eigenvalue weighted by Gasteiger charge is 2.41. The Labute approximate surface area is 229 Å². The highest BCUT2D eigenvalue weighted by atomic mass is 32.1. The van der Waals surface area contributed by atoms with Crippen molar-refractivity contribution in [2.45, 2.75) is 18.5 Å². The highest BCUT2D eigenvalue weighted by Crippen LogP contribution is 2.40. The average Bonchev–Trinajstić information content (AvgIpc) is 3.58. The van der Waals surface area contributed by atoms with Crippen LogP contribution in [0.5, 0.6) is 0 Å². The number of ether oxygens (including phenoxy) is 1. The van der Waals surface area contributed by atoms with Gasteiger partial charge in [-0.3, -0.25) is 9.78 Å².